The van der Waals surface area contributed by atoms with Crippen molar-refractivity contribution in [2.45, 2.75) is 13.3 Å². The number of hydrogen-bond donors (Lipinski definition) is 1. The lowest BCUT2D eigenvalue weighted by molar-refractivity contribution is 0.162. The van der Waals surface area contributed by atoms with Gasteiger partial charge in [0.1, 0.15) is 5.75 Å². The number of aliphatic hydroxyl groups excluding tert-OH is 1. The van der Waals surface area contributed by atoms with Crippen molar-refractivity contribution >= 4 is 11.3 Å². The van der Waals surface area contributed by atoms with Crippen LogP contribution in [0.2, 0.25) is 0 Å². The third-order valence-electron chi connectivity index (χ3n) is 2.90. The molecule has 0 fully saturated rings. The fourth-order valence-corrected chi connectivity index (χ4v) is 2.64. The lowest BCUT2D eigenvalue weighted by Gasteiger charge is -2.15. The monoisotopic (exact) mass is 262 g/mol. The zero-order chi connectivity index (χ0) is 12.8. The zero-order valence-electron chi connectivity index (χ0n) is 10.5. The molecule has 1 N–H and O–H groups in total. The summed E-state index contributed by atoms with van der Waals surface area (Å²) in [7, 11) is 0. The number of aliphatic hydroxyl groups is 1. The van der Waals surface area contributed by atoms with Gasteiger partial charge in [-0.15, -0.1) is 11.3 Å². The molecular weight excluding hydrogens is 244 g/mol. The Labute approximate surface area is 112 Å². The van der Waals surface area contributed by atoms with Gasteiger partial charge in [-0.3, -0.25) is 0 Å². The molecule has 1 aromatic heterocycles. The maximum Gasteiger partial charge on any atom is 0.122 e. The van der Waals surface area contributed by atoms with Crippen LogP contribution in [0.25, 0.3) is 0 Å². The molecule has 2 rings (SSSR count). The molecule has 0 saturated heterocycles. The van der Waals surface area contributed by atoms with E-state index in [1.807, 2.05) is 37.3 Å². The van der Waals surface area contributed by atoms with Gasteiger partial charge < -0.3 is 9.84 Å². The highest BCUT2D eigenvalue weighted by molar-refractivity contribution is 7.09. The number of aryl methyl sites for hydroxylation is 1. The van der Waals surface area contributed by atoms with Crippen molar-refractivity contribution in [3.63, 3.8) is 0 Å². The number of ether oxygens (including phenoxy) is 1. The summed E-state index contributed by atoms with van der Waals surface area (Å²) in [6.45, 7) is 2.74. The predicted octanol–water partition coefficient (Wildman–Crippen LogP) is 3.29. The van der Waals surface area contributed by atoms with Gasteiger partial charge >= 0.3 is 0 Å². The van der Waals surface area contributed by atoms with Gasteiger partial charge in [-0.05, 0) is 36.4 Å². The van der Waals surface area contributed by atoms with E-state index in [1.165, 1.54) is 4.88 Å². The lowest BCUT2D eigenvalue weighted by atomic mass is 10.1. The molecule has 1 heterocycles. The molecule has 1 aromatic carbocycles. The minimum atomic E-state index is 0.156. The molecule has 0 amide bonds. The quantitative estimate of drug-likeness (QED) is 0.865. The highest BCUT2D eigenvalue weighted by Gasteiger charge is 2.11. The maximum atomic E-state index is 9.40. The zero-order valence-corrected chi connectivity index (χ0v) is 11.3. The second-order valence-corrected chi connectivity index (χ2v) is 5.44. The van der Waals surface area contributed by atoms with Crippen molar-refractivity contribution in [2.75, 3.05) is 13.2 Å². The van der Waals surface area contributed by atoms with E-state index in [2.05, 4.69) is 11.4 Å². The van der Waals surface area contributed by atoms with Gasteiger partial charge in [0.25, 0.3) is 0 Å². The molecule has 0 aliphatic heterocycles. The Kier molecular flexibility index (Phi) is 4.79. The Hall–Kier alpha value is -1.32. The molecule has 3 heteroatoms. The maximum absolute atomic E-state index is 9.40. The fraction of sp³-hybridized carbons (Fsp3) is 0.333. The predicted molar refractivity (Wildman–Crippen MR) is 75.3 cm³/mol. The van der Waals surface area contributed by atoms with Crippen LogP contribution >= 0.6 is 11.3 Å². The summed E-state index contributed by atoms with van der Waals surface area (Å²) in [6, 6.07) is 12.1. The summed E-state index contributed by atoms with van der Waals surface area (Å²) < 4.78 is 5.78. The Bertz CT molecular complexity index is 465. The van der Waals surface area contributed by atoms with Crippen molar-refractivity contribution in [3.8, 4) is 5.75 Å². The van der Waals surface area contributed by atoms with Gasteiger partial charge in [-0.1, -0.05) is 24.3 Å². The van der Waals surface area contributed by atoms with E-state index in [-0.39, 0.29) is 12.5 Å². The van der Waals surface area contributed by atoms with E-state index in [9.17, 15) is 5.11 Å². The number of thiophene rings is 1. The topological polar surface area (TPSA) is 29.5 Å². The molecule has 0 aliphatic carbocycles. The van der Waals surface area contributed by atoms with Gasteiger partial charge in [0, 0.05) is 17.4 Å². The van der Waals surface area contributed by atoms with Crippen LogP contribution in [-0.2, 0) is 6.42 Å². The van der Waals surface area contributed by atoms with Gasteiger partial charge in [-0.25, -0.2) is 0 Å². The Morgan fingerprint density at radius 2 is 2.06 bits per heavy atom. The molecule has 1 unspecified atom stereocenters. The van der Waals surface area contributed by atoms with Crippen LogP contribution < -0.4 is 4.74 Å². The number of para-hydroxylation sites is 1. The Balaban J connectivity index is 1.89. The third kappa shape index (κ3) is 3.59. The van der Waals surface area contributed by atoms with Crippen LogP contribution in [0, 0.1) is 12.8 Å². The van der Waals surface area contributed by atoms with Gasteiger partial charge in [0.2, 0.25) is 0 Å². The largest absolute Gasteiger partial charge is 0.493 e. The third-order valence-corrected chi connectivity index (χ3v) is 3.80. The van der Waals surface area contributed by atoms with Gasteiger partial charge in [0.15, 0.2) is 0 Å². The van der Waals surface area contributed by atoms with E-state index in [4.69, 9.17) is 4.74 Å². The molecule has 0 spiro atoms. The summed E-state index contributed by atoms with van der Waals surface area (Å²) in [5.41, 5.74) is 1.13. The van der Waals surface area contributed by atoms with E-state index in [1.54, 1.807) is 11.3 Å². The van der Waals surface area contributed by atoms with Crippen molar-refractivity contribution in [3.05, 3.63) is 52.2 Å². The summed E-state index contributed by atoms with van der Waals surface area (Å²) in [5.74, 6) is 1.06. The smallest absolute Gasteiger partial charge is 0.122 e. The molecule has 18 heavy (non-hydrogen) atoms. The van der Waals surface area contributed by atoms with Crippen LogP contribution in [0.1, 0.15) is 10.4 Å². The highest BCUT2D eigenvalue weighted by atomic mass is 32.1. The molecule has 0 saturated carbocycles. The molecule has 0 bridgehead atoms. The Morgan fingerprint density at radius 3 is 2.72 bits per heavy atom. The van der Waals surface area contributed by atoms with Crippen molar-refractivity contribution < 1.29 is 9.84 Å². The van der Waals surface area contributed by atoms with Crippen molar-refractivity contribution in [1.29, 1.82) is 0 Å². The normalized spacial score (nSPS) is 12.3. The highest BCUT2D eigenvalue weighted by Crippen LogP contribution is 2.19. The molecular formula is C15H18O2S. The van der Waals surface area contributed by atoms with E-state index in [0.717, 1.165) is 17.7 Å². The minimum Gasteiger partial charge on any atom is -0.493 e. The summed E-state index contributed by atoms with van der Waals surface area (Å²) in [5, 5.41) is 11.5. The molecule has 0 aliphatic rings. The summed E-state index contributed by atoms with van der Waals surface area (Å²) >= 11 is 1.72. The second kappa shape index (κ2) is 6.57. The second-order valence-electron chi connectivity index (χ2n) is 4.41. The van der Waals surface area contributed by atoms with Gasteiger partial charge in [0.05, 0.1) is 6.61 Å². The molecule has 2 aromatic rings. The van der Waals surface area contributed by atoms with Crippen LogP contribution in [0.15, 0.2) is 41.8 Å². The van der Waals surface area contributed by atoms with E-state index < -0.39 is 0 Å². The number of hydrogen-bond acceptors (Lipinski definition) is 3. The Morgan fingerprint density at radius 1 is 1.22 bits per heavy atom. The molecule has 2 nitrogen and oxygen atoms in total. The first-order valence-electron chi connectivity index (χ1n) is 6.11. The lowest BCUT2D eigenvalue weighted by Crippen LogP contribution is -2.18. The first-order valence-corrected chi connectivity index (χ1v) is 6.99. The fourth-order valence-electron chi connectivity index (χ4n) is 1.82. The van der Waals surface area contributed by atoms with E-state index >= 15 is 0 Å². The van der Waals surface area contributed by atoms with E-state index in [0.29, 0.717) is 6.61 Å². The molecule has 96 valence electrons. The SMILES string of the molecule is Cc1ccccc1OCC(CO)Cc1cccs1. The first kappa shape index (κ1) is 13.1. The standard InChI is InChI=1S/C15H18O2S/c1-12-5-2-3-7-15(12)17-11-13(10-16)9-14-6-4-8-18-14/h2-8,13,16H,9-11H2,1H3. The molecule has 1 atom stereocenters. The summed E-state index contributed by atoms with van der Waals surface area (Å²) in [4.78, 5) is 1.29. The average Bonchev–Trinajstić information content (AvgIpc) is 2.89. The van der Waals surface area contributed by atoms with Crippen molar-refractivity contribution in [1.82, 2.24) is 0 Å². The van der Waals surface area contributed by atoms with Crippen LogP contribution in [0.5, 0.6) is 5.75 Å². The summed E-state index contributed by atoms with van der Waals surface area (Å²) in [6.07, 6.45) is 0.875. The van der Waals surface area contributed by atoms with Crippen LogP contribution in [0.4, 0.5) is 0 Å². The number of rotatable bonds is 6. The minimum absolute atomic E-state index is 0.156. The molecule has 0 radical (unpaired) electrons. The first-order chi connectivity index (χ1) is 8.79. The van der Waals surface area contributed by atoms with Crippen LogP contribution in [0.3, 0.4) is 0 Å². The van der Waals surface area contributed by atoms with Gasteiger partial charge in [-0.2, -0.15) is 0 Å². The average molecular weight is 262 g/mol. The number of benzene rings is 1. The van der Waals surface area contributed by atoms with Crippen molar-refractivity contribution in [2.24, 2.45) is 5.92 Å². The van der Waals surface area contributed by atoms with Crippen LogP contribution in [-0.4, -0.2) is 18.3 Å².